The monoisotopic (exact) mass is 1870 g/mol. The summed E-state index contributed by atoms with van der Waals surface area (Å²) in [6.07, 6.45) is 0. The predicted molar refractivity (Wildman–Crippen MR) is 613 cm³/mol. The summed E-state index contributed by atoms with van der Waals surface area (Å²) < 4.78 is 14.7. The summed E-state index contributed by atoms with van der Waals surface area (Å²) in [5, 5.41) is 14.4. The maximum Gasteiger partial charge on any atom is 0.160 e. The van der Waals surface area contributed by atoms with Crippen molar-refractivity contribution >= 4 is 131 Å². The zero-order valence-corrected chi connectivity index (χ0v) is 82.0. The molecule has 0 atom stereocenters. The highest BCUT2D eigenvalue weighted by atomic mass is 15.0. The first-order valence-electron chi connectivity index (χ1n) is 51.3. The van der Waals surface area contributed by atoms with Crippen LogP contribution in [0.2, 0.25) is 0 Å². The van der Waals surface area contributed by atoms with Crippen molar-refractivity contribution < 1.29 is 0 Å². The molecule has 0 fully saturated rings. The standard InChI is InChI=1S/C139H94N8/c1-137(2)116-40-16-7-31-98(116)101-65-59-95(79-119(101)137)143-127-46-22-13-37-107(127)113-73-84(54-68-130(113)143)87-51-62-110-104-34-10-19-43-124(104)142(133(110)76-87)92-57-49-83(50-58-92)122-82-123(90-27-25-29-93(71-90)146-125-44-20-11-35-105(125)111-63-52-88(77-134(111)146)85-55-69-131-114(74-85)108-38-14-23-47-128(108)144(131)96-60-66-102-99-32-8-17-41-117(99)138(3,4)120(102)80-96)141-136(140-122)91-28-26-30-94(72-91)147-126-45-21-12-36-106(126)112-64-53-89(78-135(112)147)86-56-70-132-115(75-86)109-39-15-24-48-129(109)145(132)97-61-67-103-100-33-9-18-42-118(100)139(5,6)121(103)81-97/h7-82H,1-6H3. The Balaban J connectivity index is 0.534. The largest absolute Gasteiger partial charge is 0.309 e. The fourth-order valence-corrected chi connectivity index (χ4v) is 26.3. The van der Waals surface area contributed by atoms with Crippen molar-refractivity contribution in [3.63, 3.8) is 0 Å². The lowest BCUT2D eigenvalue weighted by Gasteiger charge is -2.22. The quantitative estimate of drug-likeness (QED) is 0.122. The normalized spacial score (nSPS) is 13.7. The Kier molecular flexibility index (Phi) is 17.4. The number of benzene rings is 21. The van der Waals surface area contributed by atoms with Crippen LogP contribution in [-0.2, 0) is 16.2 Å². The third-order valence-electron chi connectivity index (χ3n) is 33.4. The first kappa shape index (κ1) is 83.2. The third kappa shape index (κ3) is 12.1. The van der Waals surface area contributed by atoms with Crippen LogP contribution in [0, 0.1) is 0 Å². The molecule has 3 aliphatic rings. The van der Waals surface area contributed by atoms with E-state index in [9.17, 15) is 0 Å². The molecule has 0 radical (unpaired) electrons. The topological polar surface area (TPSA) is 55.4 Å². The Labute approximate surface area is 849 Å². The van der Waals surface area contributed by atoms with Crippen LogP contribution in [-0.4, -0.2) is 37.4 Å². The first-order chi connectivity index (χ1) is 72.1. The first-order valence-corrected chi connectivity index (χ1v) is 51.3. The van der Waals surface area contributed by atoms with Crippen LogP contribution in [0.1, 0.15) is 74.9 Å². The molecule has 690 valence electrons. The van der Waals surface area contributed by atoms with Crippen LogP contribution in [0.3, 0.4) is 0 Å². The van der Waals surface area contributed by atoms with E-state index in [2.05, 4.69) is 530 Å². The van der Waals surface area contributed by atoms with E-state index in [-0.39, 0.29) is 16.2 Å². The number of hydrogen-bond acceptors (Lipinski definition) is 2. The second-order valence-corrected chi connectivity index (χ2v) is 42.3. The van der Waals surface area contributed by atoms with E-state index in [1.807, 2.05) is 0 Å². The van der Waals surface area contributed by atoms with Gasteiger partial charge in [0.05, 0.1) is 77.6 Å². The lowest BCUT2D eigenvalue weighted by atomic mass is 9.82. The average Bonchev–Trinajstić information content (AvgIpc) is 1.43. The van der Waals surface area contributed by atoms with Gasteiger partial charge in [-0.1, -0.05) is 333 Å². The summed E-state index contributed by atoms with van der Waals surface area (Å²) in [4.78, 5) is 11.5. The molecule has 0 bridgehead atoms. The minimum Gasteiger partial charge on any atom is -0.309 e. The highest BCUT2D eigenvalue weighted by molar-refractivity contribution is 6.18. The van der Waals surface area contributed by atoms with Crippen LogP contribution in [0.15, 0.2) is 461 Å². The molecule has 0 unspecified atom stereocenters. The van der Waals surface area contributed by atoms with Crippen LogP contribution < -0.4 is 0 Å². The molecule has 3 aliphatic carbocycles. The molecule has 31 rings (SSSR count). The van der Waals surface area contributed by atoms with Gasteiger partial charge in [-0.3, -0.25) is 0 Å². The highest BCUT2D eigenvalue weighted by Gasteiger charge is 2.40. The summed E-state index contributed by atoms with van der Waals surface area (Å²) in [5.74, 6) is 0.613. The fraction of sp³-hybridized carbons (Fsp3) is 0.0647. The number of nitrogens with zero attached hydrogens (tertiary/aromatic N) is 8. The van der Waals surface area contributed by atoms with Gasteiger partial charge >= 0.3 is 0 Å². The van der Waals surface area contributed by atoms with Crippen molar-refractivity contribution in [1.29, 1.82) is 0 Å². The second-order valence-electron chi connectivity index (χ2n) is 42.3. The molecule has 0 saturated heterocycles. The van der Waals surface area contributed by atoms with Crippen LogP contribution in [0.25, 0.3) is 266 Å². The molecule has 7 heterocycles. The van der Waals surface area contributed by atoms with Crippen LogP contribution >= 0.6 is 0 Å². The average molecular weight is 1880 g/mol. The number of rotatable bonds is 12. The molecule has 0 aliphatic heterocycles. The van der Waals surface area contributed by atoms with Gasteiger partial charge in [0.2, 0.25) is 0 Å². The number of hydrogen-bond donors (Lipinski definition) is 0. The molecule has 0 amide bonds. The van der Waals surface area contributed by atoms with E-state index in [1.165, 1.54) is 182 Å². The molecular formula is C139H94N8. The van der Waals surface area contributed by atoms with Crippen molar-refractivity contribution in [3.8, 4) is 135 Å². The van der Waals surface area contributed by atoms with Crippen molar-refractivity contribution in [2.24, 2.45) is 0 Å². The Morgan fingerprint density at radius 1 is 0.143 bits per heavy atom. The second kappa shape index (κ2) is 30.8. The number of aromatic nitrogens is 8. The van der Waals surface area contributed by atoms with E-state index in [1.54, 1.807) is 0 Å². The molecule has 147 heavy (non-hydrogen) atoms. The van der Waals surface area contributed by atoms with Gasteiger partial charge in [-0.2, -0.15) is 0 Å². The Morgan fingerprint density at radius 2 is 0.388 bits per heavy atom. The summed E-state index contributed by atoms with van der Waals surface area (Å²) in [5.41, 5.74) is 47.4. The molecular weight excluding hydrogens is 1780 g/mol. The van der Waals surface area contributed by atoms with Crippen molar-refractivity contribution in [3.05, 3.63) is 494 Å². The van der Waals surface area contributed by atoms with Gasteiger partial charge in [0.15, 0.2) is 5.82 Å². The van der Waals surface area contributed by atoms with E-state index in [0.717, 1.165) is 112 Å². The van der Waals surface area contributed by atoms with E-state index in [0.29, 0.717) is 5.82 Å². The van der Waals surface area contributed by atoms with Gasteiger partial charge in [0.1, 0.15) is 0 Å². The molecule has 0 N–H and O–H groups in total. The summed E-state index contributed by atoms with van der Waals surface area (Å²) in [6.45, 7) is 14.2. The van der Waals surface area contributed by atoms with Gasteiger partial charge in [-0.15, -0.1) is 0 Å². The maximum absolute atomic E-state index is 5.79. The van der Waals surface area contributed by atoms with Crippen molar-refractivity contribution in [2.75, 3.05) is 0 Å². The zero-order valence-electron chi connectivity index (χ0n) is 82.0. The fourth-order valence-electron chi connectivity index (χ4n) is 26.3. The Hall–Kier alpha value is -18.5. The SMILES string of the molecule is CC1(C)c2ccccc2-c2ccc(-n3c4ccccc4c4cc(-c5ccc6c7ccccc7n(-c7ccc(-c8cc(-c9cccc(-n%10c%11ccccc%11c%11ccc(-c%12ccc%13c(c%12)c%12ccccc%12n%13-c%12ccc%13c(c%12)C(C)(C)c%12ccccc%12-%13)cc%11%10)c9)nc(-c9cccc(-n%10c%11ccccc%11c%11ccc(-c%12ccc%13c(c%12)c%12ccccc%12n%13-c%12ccc%13c(c%12)C(C)(C)c%12ccccc%12-%13)cc%11%10)c9)n8)cc7)c6c5)ccc43)cc21. The lowest BCUT2D eigenvalue weighted by Crippen LogP contribution is -2.15. The Morgan fingerprint density at radius 3 is 0.748 bits per heavy atom. The predicted octanol–water partition coefficient (Wildman–Crippen LogP) is 36.0. The van der Waals surface area contributed by atoms with Crippen molar-refractivity contribution in [2.45, 2.75) is 57.8 Å². The molecule has 28 aromatic rings. The lowest BCUT2D eigenvalue weighted by molar-refractivity contribution is 0.660. The number of para-hydroxylation sites is 6. The van der Waals surface area contributed by atoms with Crippen LogP contribution in [0.4, 0.5) is 0 Å². The van der Waals surface area contributed by atoms with Gasteiger partial charge in [0.25, 0.3) is 0 Å². The zero-order chi connectivity index (χ0) is 97.3. The van der Waals surface area contributed by atoms with E-state index in [4.69, 9.17) is 9.97 Å². The Bertz CT molecular complexity index is 10200. The molecule has 7 aromatic heterocycles. The van der Waals surface area contributed by atoms with Crippen molar-refractivity contribution in [1.82, 2.24) is 37.4 Å². The molecule has 0 spiro atoms. The van der Waals surface area contributed by atoms with Gasteiger partial charge in [-0.05, 0) is 270 Å². The molecule has 8 heteroatoms. The van der Waals surface area contributed by atoms with E-state index >= 15 is 0 Å². The molecule has 8 nitrogen and oxygen atoms in total. The van der Waals surface area contributed by atoms with Gasteiger partial charge in [-0.25, -0.2) is 9.97 Å². The smallest absolute Gasteiger partial charge is 0.160 e. The molecule has 21 aromatic carbocycles. The van der Waals surface area contributed by atoms with Crippen LogP contribution in [0.5, 0.6) is 0 Å². The minimum absolute atomic E-state index is 0.129. The maximum atomic E-state index is 5.79. The number of fused-ring (bicyclic) bond motifs is 27. The highest BCUT2D eigenvalue weighted by Crippen LogP contribution is 2.55. The summed E-state index contributed by atoms with van der Waals surface area (Å²) in [6, 6.07) is 173. The third-order valence-corrected chi connectivity index (χ3v) is 33.4. The van der Waals surface area contributed by atoms with Gasteiger partial charge in [0, 0.05) is 132 Å². The minimum atomic E-state index is -0.134. The summed E-state index contributed by atoms with van der Waals surface area (Å²) >= 11 is 0. The molecule has 0 saturated carbocycles. The van der Waals surface area contributed by atoms with E-state index < -0.39 is 0 Å². The van der Waals surface area contributed by atoms with Gasteiger partial charge < -0.3 is 27.4 Å². The summed E-state index contributed by atoms with van der Waals surface area (Å²) in [7, 11) is 0.